The fourth-order valence-electron chi connectivity index (χ4n) is 2.91. The van der Waals surface area contributed by atoms with Crippen molar-refractivity contribution in [3.8, 4) is 0 Å². The Morgan fingerprint density at radius 1 is 1.08 bits per heavy atom. The van der Waals surface area contributed by atoms with Crippen molar-refractivity contribution < 1.29 is 9.72 Å². The zero-order valence-corrected chi connectivity index (χ0v) is 15.5. The van der Waals surface area contributed by atoms with Crippen LogP contribution in [0.4, 0.5) is 5.69 Å². The van der Waals surface area contributed by atoms with E-state index in [4.69, 9.17) is 0 Å². The number of rotatable bonds is 8. The number of carbonyl (C=O) groups excluding carboxylic acids is 1. The Bertz CT molecular complexity index is 786. The number of hydrogen-bond acceptors (Lipinski definition) is 4. The molecule has 0 heterocycles. The van der Waals surface area contributed by atoms with Crippen molar-refractivity contribution in [2.75, 3.05) is 13.1 Å². The minimum Gasteiger partial charge on any atom is -0.348 e. The molecular weight excluding hydrogens is 330 g/mol. The third-order valence-corrected chi connectivity index (χ3v) is 4.59. The third kappa shape index (κ3) is 4.67. The molecule has 0 aliphatic rings. The molecule has 0 bridgehead atoms. The van der Waals surface area contributed by atoms with Crippen LogP contribution in [0.1, 0.15) is 40.9 Å². The van der Waals surface area contributed by atoms with Crippen molar-refractivity contribution in [3.63, 3.8) is 0 Å². The van der Waals surface area contributed by atoms with Crippen LogP contribution < -0.4 is 5.32 Å². The molecule has 2 aromatic carbocycles. The first-order chi connectivity index (χ1) is 12.5. The van der Waals surface area contributed by atoms with Gasteiger partial charge in [-0.05, 0) is 37.2 Å². The minimum atomic E-state index is -0.467. The van der Waals surface area contributed by atoms with Crippen molar-refractivity contribution in [3.05, 3.63) is 74.8 Å². The second kappa shape index (κ2) is 9.10. The molecule has 6 nitrogen and oxygen atoms in total. The molecule has 0 aliphatic carbocycles. The molecule has 0 unspecified atom stereocenters. The van der Waals surface area contributed by atoms with Crippen LogP contribution >= 0.6 is 0 Å². The molecule has 2 aromatic rings. The lowest BCUT2D eigenvalue weighted by atomic mass is 10.0. The molecule has 0 saturated heterocycles. The summed E-state index contributed by atoms with van der Waals surface area (Å²) in [5, 5.41) is 13.9. The topological polar surface area (TPSA) is 75.5 Å². The van der Waals surface area contributed by atoms with Gasteiger partial charge in [-0.15, -0.1) is 0 Å². The number of nitro groups is 1. The van der Waals surface area contributed by atoms with Gasteiger partial charge in [0, 0.05) is 30.3 Å². The molecule has 0 radical (unpaired) electrons. The molecule has 1 amide bonds. The normalized spacial score (nSPS) is 10.8. The quantitative estimate of drug-likeness (QED) is 0.579. The van der Waals surface area contributed by atoms with Gasteiger partial charge in [-0.1, -0.05) is 44.2 Å². The average Bonchev–Trinajstić information content (AvgIpc) is 2.64. The lowest BCUT2D eigenvalue weighted by Crippen LogP contribution is -2.26. The maximum absolute atomic E-state index is 12.5. The van der Waals surface area contributed by atoms with E-state index in [2.05, 4.69) is 30.1 Å². The molecule has 0 aliphatic heterocycles. The van der Waals surface area contributed by atoms with E-state index >= 15 is 0 Å². The van der Waals surface area contributed by atoms with Gasteiger partial charge >= 0.3 is 0 Å². The van der Waals surface area contributed by atoms with E-state index in [1.54, 1.807) is 13.0 Å². The number of benzene rings is 2. The van der Waals surface area contributed by atoms with Gasteiger partial charge in [0.2, 0.25) is 0 Å². The minimum absolute atomic E-state index is 0.0421. The monoisotopic (exact) mass is 355 g/mol. The highest BCUT2D eigenvalue weighted by Gasteiger charge is 2.18. The van der Waals surface area contributed by atoms with Crippen LogP contribution in [0.3, 0.4) is 0 Å². The summed E-state index contributed by atoms with van der Waals surface area (Å²) in [6.07, 6.45) is 0. The fraction of sp³-hybridized carbons (Fsp3) is 0.350. The van der Waals surface area contributed by atoms with Crippen LogP contribution in [-0.2, 0) is 13.1 Å². The van der Waals surface area contributed by atoms with Crippen molar-refractivity contribution >= 4 is 11.6 Å². The molecule has 6 heteroatoms. The molecule has 26 heavy (non-hydrogen) atoms. The van der Waals surface area contributed by atoms with Gasteiger partial charge < -0.3 is 5.32 Å². The smallest absolute Gasteiger partial charge is 0.273 e. The van der Waals surface area contributed by atoms with Crippen molar-refractivity contribution in [2.45, 2.75) is 33.9 Å². The van der Waals surface area contributed by atoms with Crippen LogP contribution in [0.5, 0.6) is 0 Å². The van der Waals surface area contributed by atoms with Crippen LogP contribution in [0.15, 0.2) is 42.5 Å². The first-order valence-corrected chi connectivity index (χ1v) is 8.79. The van der Waals surface area contributed by atoms with Crippen LogP contribution in [-0.4, -0.2) is 28.8 Å². The maximum Gasteiger partial charge on any atom is 0.273 e. The van der Waals surface area contributed by atoms with E-state index in [0.29, 0.717) is 17.7 Å². The Balaban J connectivity index is 2.13. The summed E-state index contributed by atoms with van der Waals surface area (Å²) in [7, 11) is 0. The SMILES string of the molecule is CCN(CC)Cc1ccccc1CNC(=O)c1cccc([N+](=O)[O-])c1C. The van der Waals surface area contributed by atoms with Gasteiger partial charge in [-0.2, -0.15) is 0 Å². The van der Waals surface area contributed by atoms with E-state index in [1.807, 2.05) is 18.2 Å². The highest BCUT2D eigenvalue weighted by molar-refractivity contribution is 5.96. The lowest BCUT2D eigenvalue weighted by molar-refractivity contribution is -0.385. The Morgan fingerprint density at radius 2 is 1.73 bits per heavy atom. The molecule has 0 fully saturated rings. The van der Waals surface area contributed by atoms with Crippen LogP contribution in [0.25, 0.3) is 0 Å². The van der Waals surface area contributed by atoms with Gasteiger partial charge in [0.05, 0.1) is 4.92 Å². The molecular formula is C20H25N3O3. The zero-order chi connectivity index (χ0) is 19.1. The second-order valence-electron chi connectivity index (χ2n) is 6.12. The summed E-state index contributed by atoms with van der Waals surface area (Å²) in [5.41, 5.74) is 2.90. The Labute approximate surface area is 154 Å². The van der Waals surface area contributed by atoms with Gasteiger partial charge in [0.1, 0.15) is 0 Å². The van der Waals surface area contributed by atoms with E-state index in [0.717, 1.165) is 25.2 Å². The molecule has 0 atom stereocenters. The number of carbonyl (C=O) groups is 1. The highest BCUT2D eigenvalue weighted by atomic mass is 16.6. The fourth-order valence-corrected chi connectivity index (χ4v) is 2.91. The summed E-state index contributed by atoms with van der Waals surface area (Å²) in [6.45, 7) is 8.99. The molecule has 1 N–H and O–H groups in total. The standard InChI is InChI=1S/C20H25N3O3/c1-4-22(5-2)14-17-10-7-6-9-16(17)13-21-20(24)18-11-8-12-19(15(18)3)23(25)26/h6-12H,4-5,13-14H2,1-3H3,(H,21,24). The van der Waals surface area contributed by atoms with Crippen molar-refractivity contribution in [1.82, 2.24) is 10.2 Å². The summed E-state index contributed by atoms with van der Waals surface area (Å²) < 4.78 is 0. The zero-order valence-electron chi connectivity index (χ0n) is 15.5. The number of nitrogens with zero attached hydrogens (tertiary/aromatic N) is 2. The summed E-state index contributed by atoms with van der Waals surface area (Å²) in [6, 6.07) is 12.6. The Hall–Kier alpha value is -2.73. The summed E-state index contributed by atoms with van der Waals surface area (Å²) >= 11 is 0. The number of amides is 1. The molecule has 2 rings (SSSR count). The van der Waals surface area contributed by atoms with Crippen molar-refractivity contribution in [1.29, 1.82) is 0 Å². The Morgan fingerprint density at radius 3 is 2.35 bits per heavy atom. The van der Waals surface area contributed by atoms with E-state index in [1.165, 1.54) is 17.7 Å². The second-order valence-corrected chi connectivity index (χ2v) is 6.12. The van der Waals surface area contributed by atoms with Gasteiger partial charge in [0.15, 0.2) is 0 Å². The average molecular weight is 355 g/mol. The van der Waals surface area contributed by atoms with E-state index < -0.39 is 4.92 Å². The molecule has 0 spiro atoms. The van der Waals surface area contributed by atoms with E-state index in [9.17, 15) is 14.9 Å². The lowest BCUT2D eigenvalue weighted by Gasteiger charge is -2.20. The number of nitrogens with one attached hydrogen (secondary N) is 1. The summed E-state index contributed by atoms with van der Waals surface area (Å²) in [4.78, 5) is 25.4. The van der Waals surface area contributed by atoms with Gasteiger partial charge in [-0.25, -0.2) is 0 Å². The van der Waals surface area contributed by atoms with E-state index in [-0.39, 0.29) is 11.6 Å². The van der Waals surface area contributed by atoms with Crippen LogP contribution in [0, 0.1) is 17.0 Å². The maximum atomic E-state index is 12.5. The highest BCUT2D eigenvalue weighted by Crippen LogP contribution is 2.21. The first-order valence-electron chi connectivity index (χ1n) is 8.79. The van der Waals surface area contributed by atoms with Crippen molar-refractivity contribution in [2.24, 2.45) is 0 Å². The number of nitro benzene ring substituents is 1. The predicted octanol–water partition coefficient (Wildman–Crippen LogP) is 3.68. The third-order valence-electron chi connectivity index (χ3n) is 4.59. The van der Waals surface area contributed by atoms with Crippen LogP contribution in [0.2, 0.25) is 0 Å². The molecule has 138 valence electrons. The van der Waals surface area contributed by atoms with Gasteiger partial charge in [-0.3, -0.25) is 19.8 Å². The number of hydrogen-bond donors (Lipinski definition) is 1. The largest absolute Gasteiger partial charge is 0.348 e. The Kier molecular flexibility index (Phi) is 6.86. The molecule has 0 saturated carbocycles. The molecule has 0 aromatic heterocycles. The summed E-state index contributed by atoms with van der Waals surface area (Å²) in [5.74, 6) is -0.302. The predicted molar refractivity (Wildman–Crippen MR) is 102 cm³/mol. The first kappa shape index (κ1) is 19.6. The van der Waals surface area contributed by atoms with Gasteiger partial charge in [0.25, 0.3) is 11.6 Å².